The average Bonchev–Trinajstić information content (AvgIpc) is 3.02. The fourth-order valence-corrected chi connectivity index (χ4v) is 2.80. The molecule has 1 aliphatic rings. The van der Waals surface area contributed by atoms with Gasteiger partial charge >= 0.3 is 0 Å². The number of rotatable bonds is 4. The van der Waals surface area contributed by atoms with Crippen molar-refractivity contribution < 1.29 is 14.6 Å². The third kappa shape index (κ3) is 3.37. The molecule has 0 saturated heterocycles. The molecule has 4 heteroatoms. The zero-order chi connectivity index (χ0) is 16.4. The number of amides is 1. The Bertz CT molecular complexity index is 739. The van der Waals surface area contributed by atoms with E-state index in [-0.39, 0.29) is 12.5 Å². The van der Waals surface area contributed by atoms with Gasteiger partial charge in [-0.1, -0.05) is 23.8 Å². The van der Waals surface area contributed by atoms with Gasteiger partial charge in [-0.2, -0.15) is 0 Å². The van der Waals surface area contributed by atoms with Crippen LogP contribution in [0.25, 0.3) is 0 Å². The van der Waals surface area contributed by atoms with Crippen molar-refractivity contribution in [3.05, 3.63) is 64.2 Å². The Morgan fingerprint density at radius 3 is 2.91 bits per heavy atom. The van der Waals surface area contributed by atoms with Crippen LogP contribution in [0.3, 0.4) is 0 Å². The molecular formula is C19H21NO3. The van der Waals surface area contributed by atoms with E-state index < -0.39 is 6.10 Å². The number of aliphatic hydroxyl groups is 1. The van der Waals surface area contributed by atoms with E-state index in [0.717, 1.165) is 34.4 Å². The van der Waals surface area contributed by atoms with Crippen LogP contribution in [0, 0.1) is 13.8 Å². The molecule has 0 bridgehead atoms. The molecule has 0 spiro atoms. The lowest BCUT2D eigenvalue weighted by Crippen LogP contribution is -2.29. The van der Waals surface area contributed by atoms with E-state index in [2.05, 4.69) is 5.32 Å². The van der Waals surface area contributed by atoms with Crippen molar-refractivity contribution in [2.75, 3.05) is 13.2 Å². The number of hydrogen-bond donors (Lipinski definition) is 2. The van der Waals surface area contributed by atoms with Gasteiger partial charge in [-0.15, -0.1) is 0 Å². The third-order valence-corrected chi connectivity index (χ3v) is 4.19. The Balaban J connectivity index is 1.65. The highest BCUT2D eigenvalue weighted by molar-refractivity contribution is 5.95. The number of ether oxygens (including phenoxy) is 1. The maximum absolute atomic E-state index is 12.3. The molecule has 1 aliphatic heterocycles. The quantitative estimate of drug-likeness (QED) is 0.913. The lowest BCUT2D eigenvalue weighted by atomic mass is 10.0. The second-order valence-electron chi connectivity index (χ2n) is 6.01. The van der Waals surface area contributed by atoms with Gasteiger partial charge in [0.05, 0.1) is 12.7 Å². The monoisotopic (exact) mass is 311 g/mol. The molecule has 2 aromatic rings. The van der Waals surface area contributed by atoms with E-state index in [1.807, 2.05) is 50.2 Å². The van der Waals surface area contributed by atoms with Crippen LogP contribution in [0.2, 0.25) is 0 Å². The van der Waals surface area contributed by atoms with E-state index in [0.29, 0.717) is 12.2 Å². The molecule has 0 saturated carbocycles. The summed E-state index contributed by atoms with van der Waals surface area (Å²) in [6.07, 6.45) is 0.139. The topological polar surface area (TPSA) is 58.6 Å². The first-order valence-electron chi connectivity index (χ1n) is 7.84. The molecule has 0 aliphatic carbocycles. The first-order chi connectivity index (χ1) is 11.0. The van der Waals surface area contributed by atoms with Crippen LogP contribution in [0.5, 0.6) is 5.75 Å². The Labute approximate surface area is 136 Å². The predicted octanol–water partition coefficient (Wildman–Crippen LogP) is 2.70. The van der Waals surface area contributed by atoms with Crippen molar-refractivity contribution in [1.29, 1.82) is 0 Å². The van der Waals surface area contributed by atoms with Gasteiger partial charge < -0.3 is 15.2 Å². The van der Waals surface area contributed by atoms with Crippen LogP contribution < -0.4 is 10.1 Å². The Morgan fingerprint density at radius 1 is 1.26 bits per heavy atom. The standard InChI is InChI=1S/C19H21NO3/c1-12-3-4-13(2)16(9-12)19(22)20-11-17(21)14-5-6-18-15(10-14)7-8-23-18/h3-6,9-10,17,21H,7-8,11H2,1-2H3,(H,20,22). The van der Waals surface area contributed by atoms with Crippen molar-refractivity contribution in [1.82, 2.24) is 5.32 Å². The molecule has 4 nitrogen and oxygen atoms in total. The van der Waals surface area contributed by atoms with E-state index in [4.69, 9.17) is 4.74 Å². The molecule has 1 atom stereocenters. The van der Waals surface area contributed by atoms with Crippen LogP contribution in [-0.4, -0.2) is 24.2 Å². The molecule has 0 radical (unpaired) electrons. The predicted molar refractivity (Wildman–Crippen MR) is 88.9 cm³/mol. The lowest BCUT2D eigenvalue weighted by Gasteiger charge is -2.14. The molecule has 1 heterocycles. The van der Waals surface area contributed by atoms with Gasteiger partial charge in [0.1, 0.15) is 5.75 Å². The summed E-state index contributed by atoms with van der Waals surface area (Å²) in [7, 11) is 0. The molecule has 0 aromatic heterocycles. The third-order valence-electron chi connectivity index (χ3n) is 4.19. The molecule has 2 N–H and O–H groups in total. The SMILES string of the molecule is Cc1ccc(C)c(C(=O)NCC(O)c2ccc3c(c2)CCO3)c1. The molecule has 1 amide bonds. The fraction of sp³-hybridized carbons (Fsp3) is 0.316. The summed E-state index contributed by atoms with van der Waals surface area (Å²) in [5, 5.41) is 13.1. The maximum Gasteiger partial charge on any atom is 0.251 e. The number of carbonyl (C=O) groups is 1. The lowest BCUT2D eigenvalue weighted by molar-refractivity contribution is 0.0915. The number of benzene rings is 2. The number of fused-ring (bicyclic) bond motifs is 1. The molecule has 0 fully saturated rings. The largest absolute Gasteiger partial charge is 0.493 e. The second-order valence-corrected chi connectivity index (χ2v) is 6.01. The minimum Gasteiger partial charge on any atom is -0.493 e. The number of hydrogen-bond acceptors (Lipinski definition) is 3. The highest BCUT2D eigenvalue weighted by Crippen LogP contribution is 2.28. The molecule has 1 unspecified atom stereocenters. The summed E-state index contributed by atoms with van der Waals surface area (Å²) in [6.45, 7) is 4.74. The smallest absolute Gasteiger partial charge is 0.251 e. The molecular weight excluding hydrogens is 290 g/mol. The van der Waals surface area contributed by atoms with Gasteiger partial charge in [-0.3, -0.25) is 4.79 Å². The van der Waals surface area contributed by atoms with Crippen LogP contribution in [0.1, 0.15) is 38.7 Å². The molecule has 23 heavy (non-hydrogen) atoms. The Morgan fingerprint density at radius 2 is 2.09 bits per heavy atom. The second kappa shape index (κ2) is 6.42. The van der Waals surface area contributed by atoms with Gasteiger partial charge in [0.25, 0.3) is 5.91 Å². The van der Waals surface area contributed by atoms with Gasteiger partial charge in [0.15, 0.2) is 0 Å². The van der Waals surface area contributed by atoms with Crippen molar-refractivity contribution in [2.24, 2.45) is 0 Å². The highest BCUT2D eigenvalue weighted by atomic mass is 16.5. The summed E-state index contributed by atoms with van der Waals surface area (Å²) >= 11 is 0. The highest BCUT2D eigenvalue weighted by Gasteiger charge is 2.17. The summed E-state index contributed by atoms with van der Waals surface area (Å²) in [6, 6.07) is 11.5. The van der Waals surface area contributed by atoms with Gasteiger partial charge in [0.2, 0.25) is 0 Å². The van der Waals surface area contributed by atoms with Crippen molar-refractivity contribution in [3.8, 4) is 5.75 Å². The molecule has 3 rings (SSSR count). The first-order valence-corrected chi connectivity index (χ1v) is 7.84. The number of aryl methyl sites for hydroxylation is 2. The molecule has 120 valence electrons. The maximum atomic E-state index is 12.3. The summed E-state index contributed by atoms with van der Waals surface area (Å²) in [5.41, 5.74) is 4.54. The Kier molecular flexibility index (Phi) is 4.35. The van der Waals surface area contributed by atoms with Crippen LogP contribution in [0.4, 0.5) is 0 Å². The minimum absolute atomic E-state index is 0.158. The Hall–Kier alpha value is -2.33. The zero-order valence-corrected chi connectivity index (χ0v) is 13.4. The van der Waals surface area contributed by atoms with Gasteiger partial charge in [-0.25, -0.2) is 0 Å². The molecule has 2 aromatic carbocycles. The fourth-order valence-electron chi connectivity index (χ4n) is 2.80. The van der Waals surface area contributed by atoms with E-state index in [1.54, 1.807) is 0 Å². The zero-order valence-electron chi connectivity index (χ0n) is 13.4. The van der Waals surface area contributed by atoms with E-state index >= 15 is 0 Å². The number of nitrogens with one attached hydrogen (secondary N) is 1. The van der Waals surface area contributed by atoms with E-state index in [1.165, 1.54) is 0 Å². The first kappa shape index (κ1) is 15.6. The van der Waals surface area contributed by atoms with Crippen LogP contribution >= 0.6 is 0 Å². The average molecular weight is 311 g/mol. The normalized spacial score (nSPS) is 14.0. The summed E-state index contributed by atoms with van der Waals surface area (Å²) < 4.78 is 5.46. The van der Waals surface area contributed by atoms with Crippen molar-refractivity contribution in [2.45, 2.75) is 26.4 Å². The van der Waals surface area contributed by atoms with Crippen molar-refractivity contribution >= 4 is 5.91 Å². The van der Waals surface area contributed by atoms with Gasteiger partial charge in [-0.05, 0) is 48.7 Å². The summed E-state index contributed by atoms with van der Waals surface area (Å²) in [4.78, 5) is 12.3. The van der Waals surface area contributed by atoms with Crippen LogP contribution in [-0.2, 0) is 6.42 Å². The number of aliphatic hydroxyl groups excluding tert-OH is 1. The van der Waals surface area contributed by atoms with Crippen LogP contribution in [0.15, 0.2) is 36.4 Å². The number of carbonyl (C=O) groups excluding carboxylic acids is 1. The minimum atomic E-state index is -0.727. The van der Waals surface area contributed by atoms with Gasteiger partial charge in [0, 0.05) is 18.5 Å². The summed E-state index contributed by atoms with van der Waals surface area (Å²) in [5.74, 6) is 0.732. The van der Waals surface area contributed by atoms with E-state index in [9.17, 15) is 9.90 Å². The van der Waals surface area contributed by atoms with Crippen molar-refractivity contribution in [3.63, 3.8) is 0 Å².